The fraction of sp³-hybridized carbons (Fsp3) is 1.00. The molecule has 0 heterocycles. The molecule has 0 N–H and O–H groups in total. The standard InChI is InChI=1S/C25H53N/c1-6-11-14-15-16-17-18-21-26(22-24(9-4)19-12-7-2)23-25(10-5)20-13-8-3/h24-25H,6-23H2,1-5H3. The van der Waals surface area contributed by atoms with Crippen LogP contribution in [0.25, 0.3) is 0 Å². The zero-order valence-electron chi connectivity index (χ0n) is 19.3. The molecule has 0 aromatic rings. The van der Waals surface area contributed by atoms with E-state index in [0.717, 1.165) is 11.8 Å². The largest absolute Gasteiger partial charge is 0.303 e. The summed E-state index contributed by atoms with van der Waals surface area (Å²) >= 11 is 0. The quantitative estimate of drug-likeness (QED) is 0.195. The highest BCUT2D eigenvalue weighted by Gasteiger charge is 2.16. The lowest BCUT2D eigenvalue weighted by Gasteiger charge is -2.30. The van der Waals surface area contributed by atoms with Crippen LogP contribution in [0.4, 0.5) is 0 Å². The second-order valence-electron chi connectivity index (χ2n) is 8.71. The van der Waals surface area contributed by atoms with Gasteiger partial charge in [-0.1, -0.05) is 112 Å². The molecule has 0 amide bonds. The van der Waals surface area contributed by atoms with E-state index in [9.17, 15) is 0 Å². The lowest BCUT2D eigenvalue weighted by Crippen LogP contribution is -2.35. The number of unbranched alkanes of at least 4 members (excludes halogenated alkanes) is 8. The van der Waals surface area contributed by atoms with Gasteiger partial charge in [-0.25, -0.2) is 0 Å². The minimum atomic E-state index is 0.920. The fourth-order valence-corrected chi connectivity index (χ4v) is 4.11. The van der Waals surface area contributed by atoms with Crippen molar-refractivity contribution in [3.05, 3.63) is 0 Å². The van der Waals surface area contributed by atoms with E-state index in [1.807, 2.05) is 0 Å². The zero-order chi connectivity index (χ0) is 19.5. The molecule has 0 aliphatic rings. The predicted octanol–water partition coefficient (Wildman–Crippen LogP) is 8.47. The summed E-state index contributed by atoms with van der Waals surface area (Å²) in [5, 5.41) is 0. The predicted molar refractivity (Wildman–Crippen MR) is 121 cm³/mol. The van der Waals surface area contributed by atoms with Crippen molar-refractivity contribution in [2.75, 3.05) is 19.6 Å². The van der Waals surface area contributed by atoms with Crippen molar-refractivity contribution in [1.82, 2.24) is 4.90 Å². The summed E-state index contributed by atoms with van der Waals surface area (Å²) in [6.07, 6.45) is 21.1. The maximum atomic E-state index is 2.86. The Morgan fingerprint density at radius 1 is 0.500 bits per heavy atom. The van der Waals surface area contributed by atoms with Gasteiger partial charge in [-0.15, -0.1) is 0 Å². The van der Waals surface area contributed by atoms with Gasteiger partial charge in [0.2, 0.25) is 0 Å². The molecule has 0 radical (unpaired) electrons. The minimum Gasteiger partial charge on any atom is -0.303 e. The van der Waals surface area contributed by atoms with Gasteiger partial charge in [-0.05, 0) is 37.6 Å². The first-order chi connectivity index (χ1) is 12.7. The Bertz CT molecular complexity index is 245. The van der Waals surface area contributed by atoms with Crippen molar-refractivity contribution in [2.45, 2.75) is 131 Å². The molecule has 1 heteroatoms. The molecule has 0 saturated carbocycles. The van der Waals surface area contributed by atoms with Crippen LogP contribution in [0.1, 0.15) is 131 Å². The van der Waals surface area contributed by atoms with Gasteiger partial charge in [0.05, 0.1) is 0 Å². The third-order valence-electron chi connectivity index (χ3n) is 6.20. The van der Waals surface area contributed by atoms with Crippen molar-refractivity contribution in [1.29, 1.82) is 0 Å². The molecule has 1 nitrogen and oxygen atoms in total. The van der Waals surface area contributed by atoms with E-state index in [0.29, 0.717) is 0 Å². The van der Waals surface area contributed by atoms with E-state index in [2.05, 4.69) is 39.5 Å². The monoisotopic (exact) mass is 367 g/mol. The Balaban J connectivity index is 4.36. The molecule has 2 atom stereocenters. The normalized spacial score (nSPS) is 14.1. The van der Waals surface area contributed by atoms with Gasteiger partial charge in [-0.2, -0.15) is 0 Å². The van der Waals surface area contributed by atoms with Crippen molar-refractivity contribution in [2.24, 2.45) is 11.8 Å². The van der Waals surface area contributed by atoms with E-state index in [1.54, 1.807) is 0 Å². The third kappa shape index (κ3) is 15.1. The van der Waals surface area contributed by atoms with E-state index >= 15 is 0 Å². The topological polar surface area (TPSA) is 3.24 Å². The van der Waals surface area contributed by atoms with Gasteiger partial charge in [0.15, 0.2) is 0 Å². The Kier molecular flexibility index (Phi) is 19.7. The van der Waals surface area contributed by atoms with Crippen molar-refractivity contribution < 1.29 is 0 Å². The first-order valence-corrected chi connectivity index (χ1v) is 12.4. The van der Waals surface area contributed by atoms with E-state index in [1.165, 1.54) is 116 Å². The average molecular weight is 368 g/mol. The van der Waals surface area contributed by atoms with Crippen LogP contribution in [-0.4, -0.2) is 24.5 Å². The van der Waals surface area contributed by atoms with Crippen LogP contribution < -0.4 is 0 Å². The summed E-state index contributed by atoms with van der Waals surface area (Å²) in [7, 11) is 0. The van der Waals surface area contributed by atoms with Crippen LogP contribution in [0.2, 0.25) is 0 Å². The smallest absolute Gasteiger partial charge is 0.000967 e. The van der Waals surface area contributed by atoms with E-state index < -0.39 is 0 Å². The summed E-state index contributed by atoms with van der Waals surface area (Å²) in [4.78, 5) is 2.86. The van der Waals surface area contributed by atoms with E-state index in [-0.39, 0.29) is 0 Å². The molecule has 0 spiro atoms. The number of rotatable bonds is 20. The highest BCUT2D eigenvalue weighted by atomic mass is 15.1. The summed E-state index contributed by atoms with van der Waals surface area (Å²) in [5.41, 5.74) is 0. The van der Waals surface area contributed by atoms with Gasteiger partial charge >= 0.3 is 0 Å². The molecular weight excluding hydrogens is 314 g/mol. The molecule has 0 aromatic heterocycles. The highest BCUT2D eigenvalue weighted by molar-refractivity contribution is 4.70. The van der Waals surface area contributed by atoms with E-state index in [4.69, 9.17) is 0 Å². The lowest BCUT2D eigenvalue weighted by atomic mass is 9.95. The second kappa shape index (κ2) is 19.7. The summed E-state index contributed by atoms with van der Waals surface area (Å²) in [6.45, 7) is 15.8. The van der Waals surface area contributed by atoms with Crippen LogP contribution in [0.3, 0.4) is 0 Å². The number of nitrogens with zero attached hydrogens (tertiary/aromatic N) is 1. The average Bonchev–Trinajstić information content (AvgIpc) is 2.66. The zero-order valence-corrected chi connectivity index (χ0v) is 19.3. The molecule has 26 heavy (non-hydrogen) atoms. The van der Waals surface area contributed by atoms with Crippen LogP contribution in [-0.2, 0) is 0 Å². The summed E-state index contributed by atoms with van der Waals surface area (Å²) < 4.78 is 0. The second-order valence-corrected chi connectivity index (χ2v) is 8.71. The molecule has 0 bridgehead atoms. The minimum absolute atomic E-state index is 0.920. The molecule has 0 rings (SSSR count). The Labute approximate surface area is 167 Å². The fourth-order valence-electron chi connectivity index (χ4n) is 4.11. The molecule has 2 unspecified atom stereocenters. The maximum Gasteiger partial charge on any atom is 0.000967 e. The maximum absolute atomic E-state index is 2.86. The van der Waals surface area contributed by atoms with Gasteiger partial charge in [-0.3, -0.25) is 0 Å². The van der Waals surface area contributed by atoms with Crippen molar-refractivity contribution in [3.8, 4) is 0 Å². The molecule has 0 saturated heterocycles. The van der Waals surface area contributed by atoms with Crippen LogP contribution in [0.15, 0.2) is 0 Å². The SMILES string of the molecule is CCCCCCCCCN(CC(CC)CCCC)CC(CC)CCCC. The molecule has 158 valence electrons. The molecule has 0 aliphatic carbocycles. The van der Waals surface area contributed by atoms with Crippen molar-refractivity contribution >= 4 is 0 Å². The van der Waals surface area contributed by atoms with Gasteiger partial charge < -0.3 is 4.90 Å². The first kappa shape index (κ1) is 26.0. The number of hydrogen-bond acceptors (Lipinski definition) is 1. The Hall–Kier alpha value is -0.0400. The highest BCUT2D eigenvalue weighted by Crippen LogP contribution is 2.19. The summed E-state index contributed by atoms with van der Waals surface area (Å²) in [5.74, 6) is 1.84. The number of hydrogen-bond donors (Lipinski definition) is 0. The third-order valence-corrected chi connectivity index (χ3v) is 6.20. The first-order valence-electron chi connectivity index (χ1n) is 12.4. The van der Waals surface area contributed by atoms with Crippen molar-refractivity contribution in [3.63, 3.8) is 0 Å². The van der Waals surface area contributed by atoms with Gasteiger partial charge in [0.25, 0.3) is 0 Å². The van der Waals surface area contributed by atoms with Gasteiger partial charge in [0.1, 0.15) is 0 Å². The molecular formula is C25H53N. The van der Waals surface area contributed by atoms with Gasteiger partial charge in [0, 0.05) is 13.1 Å². The summed E-state index contributed by atoms with van der Waals surface area (Å²) in [6, 6.07) is 0. The lowest BCUT2D eigenvalue weighted by molar-refractivity contribution is 0.178. The molecule has 0 fully saturated rings. The van der Waals surface area contributed by atoms with Crippen LogP contribution in [0, 0.1) is 11.8 Å². The Morgan fingerprint density at radius 2 is 0.923 bits per heavy atom. The molecule has 0 aromatic carbocycles. The Morgan fingerprint density at radius 3 is 1.35 bits per heavy atom. The van der Waals surface area contributed by atoms with Crippen LogP contribution >= 0.6 is 0 Å². The van der Waals surface area contributed by atoms with Crippen LogP contribution in [0.5, 0.6) is 0 Å². The molecule has 0 aliphatic heterocycles.